The molecule has 0 aromatic heterocycles. The molecule has 0 spiro atoms. The van der Waals surface area contributed by atoms with Gasteiger partial charge in [-0.3, -0.25) is 11.1 Å². The molecule has 5 N–H and O–H groups in total. The highest BCUT2D eigenvalue weighted by Gasteiger charge is 2.37. The van der Waals surface area contributed by atoms with Gasteiger partial charge in [-0.2, -0.15) is 13.2 Å². The van der Waals surface area contributed by atoms with E-state index in [1.165, 1.54) is 0 Å². The smallest absolute Gasteiger partial charge is 0.384 e. The Kier molecular flexibility index (Phi) is 5.16. The number of alkyl halides is 3. The van der Waals surface area contributed by atoms with E-state index >= 15 is 0 Å². The first-order valence-electron chi connectivity index (χ1n) is 3.59. The normalized spacial score (nSPS) is 14.2. The third kappa shape index (κ3) is 6.71. The summed E-state index contributed by atoms with van der Waals surface area (Å²) >= 11 is 1.08. The number of aliphatic hydroxyl groups excluding tert-OH is 1. The molecule has 0 saturated carbocycles. The fraction of sp³-hybridized carbons (Fsp3) is 0.833. The molecule has 0 aromatic carbocycles. The monoisotopic (exact) mass is 217 g/mol. The van der Waals surface area contributed by atoms with Gasteiger partial charge in [0.15, 0.2) is 0 Å². The number of hydrogen-bond donors (Lipinski definition) is 3. The predicted molar refractivity (Wildman–Crippen MR) is 44.9 cm³/mol. The SMILES string of the molecule is NC(=[NH2+])SCCCC(O)C(F)(F)F. The summed E-state index contributed by atoms with van der Waals surface area (Å²) in [6, 6.07) is 0. The largest absolute Gasteiger partial charge is 0.414 e. The summed E-state index contributed by atoms with van der Waals surface area (Å²) in [5.74, 6) is 0.384. The van der Waals surface area contributed by atoms with E-state index in [0.717, 1.165) is 11.8 Å². The Balaban J connectivity index is 3.49. The molecule has 0 aliphatic heterocycles. The summed E-state index contributed by atoms with van der Waals surface area (Å²) in [6.45, 7) is 0. The number of rotatable bonds is 4. The minimum atomic E-state index is -4.53. The summed E-state index contributed by atoms with van der Waals surface area (Å²) < 4.78 is 35.2. The molecule has 0 fully saturated rings. The lowest BCUT2D eigenvalue weighted by atomic mass is 10.2. The summed E-state index contributed by atoms with van der Waals surface area (Å²) in [5.41, 5.74) is 5.07. The molecule has 0 bridgehead atoms. The molecule has 7 heteroatoms. The van der Waals surface area contributed by atoms with Crippen LogP contribution in [0.2, 0.25) is 0 Å². The average Bonchev–Trinajstić information content (AvgIpc) is 1.95. The molecular weight excluding hydrogens is 205 g/mol. The first-order valence-corrected chi connectivity index (χ1v) is 4.58. The van der Waals surface area contributed by atoms with E-state index in [-0.39, 0.29) is 18.0 Å². The molecule has 0 amide bonds. The Hall–Kier alpha value is -0.430. The predicted octanol–water partition coefficient (Wildman–Crippen LogP) is -0.503. The Morgan fingerprint density at radius 3 is 2.46 bits per heavy atom. The van der Waals surface area contributed by atoms with Crippen molar-refractivity contribution >= 4 is 16.9 Å². The van der Waals surface area contributed by atoms with Crippen LogP contribution in [-0.4, -0.2) is 28.3 Å². The van der Waals surface area contributed by atoms with Crippen LogP contribution in [0.3, 0.4) is 0 Å². The van der Waals surface area contributed by atoms with Crippen LogP contribution in [0, 0.1) is 0 Å². The molecule has 13 heavy (non-hydrogen) atoms. The Morgan fingerprint density at radius 1 is 1.54 bits per heavy atom. The molecule has 0 radical (unpaired) electrons. The van der Waals surface area contributed by atoms with Crippen molar-refractivity contribution in [3.05, 3.63) is 0 Å². The quantitative estimate of drug-likeness (QED) is 0.337. The summed E-state index contributed by atoms with van der Waals surface area (Å²) in [7, 11) is 0. The van der Waals surface area contributed by atoms with Crippen LogP contribution < -0.4 is 11.1 Å². The third-order valence-corrected chi connectivity index (χ3v) is 2.09. The minimum absolute atomic E-state index is 0.126. The highest BCUT2D eigenvalue weighted by Crippen LogP contribution is 2.23. The van der Waals surface area contributed by atoms with E-state index in [0.29, 0.717) is 5.75 Å². The van der Waals surface area contributed by atoms with Crippen molar-refractivity contribution in [3.63, 3.8) is 0 Å². The average molecular weight is 217 g/mol. The van der Waals surface area contributed by atoms with Crippen LogP contribution in [0.5, 0.6) is 0 Å². The van der Waals surface area contributed by atoms with E-state index in [1.807, 2.05) is 0 Å². The lowest BCUT2D eigenvalue weighted by Gasteiger charge is -2.13. The molecule has 0 aliphatic carbocycles. The number of thioether (sulfide) groups is 1. The maximum absolute atomic E-state index is 11.7. The second-order valence-corrected chi connectivity index (χ2v) is 3.62. The van der Waals surface area contributed by atoms with Crippen LogP contribution in [-0.2, 0) is 0 Å². The third-order valence-electron chi connectivity index (χ3n) is 1.27. The lowest BCUT2D eigenvalue weighted by Crippen LogP contribution is -2.43. The van der Waals surface area contributed by atoms with Gasteiger partial charge in [-0.25, -0.2) is 0 Å². The molecule has 0 heterocycles. The maximum Gasteiger partial charge on any atom is 0.414 e. The molecule has 0 aliphatic rings. The fourth-order valence-corrected chi connectivity index (χ4v) is 1.18. The fourth-order valence-electron chi connectivity index (χ4n) is 0.630. The van der Waals surface area contributed by atoms with Gasteiger partial charge in [0, 0.05) is 5.75 Å². The van der Waals surface area contributed by atoms with Crippen LogP contribution in [0.1, 0.15) is 12.8 Å². The van der Waals surface area contributed by atoms with Crippen LogP contribution in [0.15, 0.2) is 0 Å². The van der Waals surface area contributed by atoms with Crippen molar-refractivity contribution in [1.82, 2.24) is 0 Å². The van der Waals surface area contributed by atoms with Crippen LogP contribution in [0.4, 0.5) is 13.2 Å². The first-order chi connectivity index (χ1) is 5.84. The molecule has 3 nitrogen and oxygen atoms in total. The van der Waals surface area contributed by atoms with Gasteiger partial charge in [-0.05, 0) is 24.6 Å². The number of nitrogens with two attached hydrogens (primary N) is 2. The minimum Gasteiger partial charge on any atom is -0.384 e. The van der Waals surface area contributed by atoms with Gasteiger partial charge < -0.3 is 5.11 Å². The first kappa shape index (κ1) is 12.6. The van der Waals surface area contributed by atoms with Crippen molar-refractivity contribution in [2.75, 3.05) is 5.75 Å². The van der Waals surface area contributed by atoms with Crippen molar-refractivity contribution < 1.29 is 23.7 Å². The Labute approximate surface area is 78.0 Å². The van der Waals surface area contributed by atoms with Crippen molar-refractivity contribution in [2.24, 2.45) is 5.73 Å². The van der Waals surface area contributed by atoms with Gasteiger partial charge in [-0.1, -0.05) is 0 Å². The molecule has 0 saturated heterocycles. The zero-order valence-corrected chi connectivity index (χ0v) is 7.66. The topological polar surface area (TPSA) is 71.8 Å². The van der Waals surface area contributed by atoms with Gasteiger partial charge in [0.2, 0.25) is 0 Å². The zero-order chi connectivity index (χ0) is 10.5. The van der Waals surface area contributed by atoms with E-state index < -0.39 is 12.3 Å². The lowest BCUT2D eigenvalue weighted by molar-refractivity contribution is -0.205. The molecule has 1 atom stereocenters. The van der Waals surface area contributed by atoms with E-state index in [1.54, 1.807) is 0 Å². The molecule has 0 aromatic rings. The highest BCUT2D eigenvalue weighted by molar-refractivity contribution is 8.13. The van der Waals surface area contributed by atoms with E-state index in [2.05, 4.69) is 0 Å². The van der Waals surface area contributed by atoms with Crippen molar-refractivity contribution in [3.8, 4) is 0 Å². The standard InChI is InChI=1S/C6H11F3N2OS/c7-6(8,9)4(12)2-1-3-13-5(10)11/h4,12H,1-3H2,(H3,10,11)/p+1. The molecule has 78 valence electrons. The highest BCUT2D eigenvalue weighted by atomic mass is 32.2. The molecule has 1 unspecified atom stereocenters. The summed E-state index contributed by atoms with van der Waals surface area (Å²) in [6.07, 6.45) is -6.86. The second kappa shape index (κ2) is 5.33. The van der Waals surface area contributed by atoms with Crippen LogP contribution >= 0.6 is 11.8 Å². The van der Waals surface area contributed by atoms with Gasteiger partial charge >= 0.3 is 6.18 Å². The van der Waals surface area contributed by atoms with Crippen LogP contribution in [0.25, 0.3) is 0 Å². The number of amidine groups is 1. The Bertz CT molecular complexity index is 174. The van der Waals surface area contributed by atoms with Crippen molar-refractivity contribution in [2.45, 2.75) is 25.1 Å². The van der Waals surface area contributed by atoms with Crippen molar-refractivity contribution in [1.29, 1.82) is 0 Å². The number of hydrogen-bond acceptors (Lipinski definition) is 2. The number of aliphatic hydroxyl groups is 1. The second-order valence-electron chi connectivity index (χ2n) is 2.45. The van der Waals surface area contributed by atoms with Gasteiger partial charge in [0.05, 0.1) is 0 Å². The summed E-state index contributed by atoms with van der Waals surface area (Å²) in [5, 5.41) is 13.7. The van der Waals surface area contributed by atoms with Gasteiger partial charge in [0.1, 0.15) is 6.10 Å². The van der Waals surface area contributed by atoms with E-state index in [9.17, 15) is 13.2 Å². The Morgan fingerprint density at radius 2 is 2.08 bits per heavy atom. The zero-order valence-electron chi connectivity index (χ0n) is 6.84. The van der Waals surface area contributed by atoms with Gasteiger partial charge in [-0.15, -0.1) is 0 Å². The summed E-state index contributed by atoms with van der Waals surface area (Å²) in [4.78, 5) is 0. The molecule has 0 rings (SSSR count). The van der Waals surface area contributed by atoms with Gasteiger partial charge in [0.25, 0.3) is 5.17 Å². The van der Waals surface area contributed by atoms with E-state index in [4.69, 9.17) is 16.2 Å². The number of halogens is 3. The molecular formula is C6H12F3N2OS+. The maximum atomic E-state index is 11.7.